The summed E-state index contributed by atoms with van der Waals surface area (Å²) in [6.07, 6.45) is 2.47. The van der Waals surface area contributed by atoms with Gasteiger partial charge in [0.15, 0.2) is 0 Å². The van der Waals surface area contributed by atoms with Gasteiger partial charge in [0.05, 0.1) is 29.0 Å². The molecule has 0 aliphatic carbocycles. The smallest absolute Gasteiger partial charge is 0.236 e. The highest BCUT2D eigenvalue weighted by Gasteiger charge is 2.35. The van der Waals surface area contributed by atoms with Gasteiger partial charge in [-0.1, -0.05) is 12.1 Å². The maximum absolute atomic E-state index is 12.2. The molecule has 27 heavy (non-hydrogen) atoms. The van der Waals surface area contributed by atoms with Gasteiger partial charge in [0.1, 0.15) is 0 Å². The van der Waals surface area contributed by atoms with Gasteiger partial charge in [-0.05, 0) is 37.8 Å². The zero-order valence-corrected chi connectivity index (χ0v) is 16.6. The van der Waals surface area contributed by atoms with Crippen molar-refractivity contribution in [1.82, 2.24) is 24.7 Å². The third kappa shape index (κ3) is 3.96. The predicted molar refractivity (Wildman–Crippen MR) is 106 cm³/mol. The Kier molecular flexibility index (Phi) is 5.10. The van der Waals surface area contributed by atoms with Crippen LogP contribution in [0.2, 0.25) is 0 Å². The number of aromatic nitrogens is 2. The maximum Gasteiger partial charge on any atom is 0.236 e. The number of carbonyl (C=O) groups is 1. The fraction of sp³-hybridized carbons (Fsp3) is 0.571. The van der Waals surface area contributed by atoms with E-state index in [1.165, 1.54) is 12.8 Å². The molecule has 6 heteroatoms. The lowest BCUT2D eigenvalue weighted by molar-refractivity contribution is -0.130. The van der Waals surface area contributed by atoms with Crippen LogP contribution in [0.5, 0.6) is 0 Å². The fourth-order valence-electron chi connectivity index (χ4n) is 4.40. The number of hydrogen-bond acceptors (Lipinski definition) is 5. The average molecular weight is 367 g/mol. The zero-order chi connectivity index (χ0) is 19.0. The lowest BCUT2D eigenvalue weighted by Gasteiger charge is -2.36. The van der Waals surface area contributed by atoms with E-state index in [0.29, 0.717) is 18.5 Å². The molecule has 2 aromatic rings. The number of nitrogens with zero attached hydrogens (tertiary/aromatic N) is 5. The van der Waals surface area contributed by atoms with Crippen molar-refractivity contribution in [3.63, 3.8) is 0 Å². The average Bonchev–Trinajstić information content (AvgIpc) is 2.92. The van der Waals surface area contributed by atoms with Crippen LogP contribution in [-0.4, -0.2) is 76.9 Å². The maximum atomic E-state index is 12.2. The second kappa shape index (κ2) is 7.52. The van der Waals surface area contributed by atoms with Crippen LogP contribution < -0.4 is 0 Å². The number of aryl methyl sites for hydroxylation is 1. The first-order chi connectivity index (χ1) is 13.0. The molecule has 0 saturated carbocycles. The summed E-state index contributed by atoms with van der Waals surface area (Å²) in [5.74, 6) is 0.825. The van der Waals surface area contributed by atoms with Crippen molar-refractivity contribution in [2.45, 2.75) is 32.4 Å². The van der Waals surface area contributed by atoms with Gasteiger partial charge in [-0.3, -0.25) is 14.6 Å². The van der Waals surface area contributed by atoms with Crippen LogP contribution in [0.4, 0.5) is 0 Å². The predicted octanol–water partition coefficient (Wildman–Crippen LogP) is 1.92. The molecular formula is C21H29N5O. The van der Waals surface area contributed by atoms with E-state index in [-0.39, 0.29) is 5.91 Å². The number of para-hydroxylation sites is 2. The molecule has 144 valence electrons. The number of fused-ring (bicyclic) bond motifs is 5. The van der Waals surface area contributed by atoms with E-state index in [1.807, 2.05) is 38.4 Å². The molecule has 0 N–H and O–H groups in total. The van der Waals surface area contributed by atoms with Crippen LogP contribution in [0.15, 0.2) is 24.3 Å². The monoisotopic (exact) mass is 367 g/mol. The summed E-state index contributed by atoms with van der Waals surface area (Å²) in [4.78, 5) is 28.4. The van der Waals surface area contributed by atoms with Crippen molar-refractivity contribution in [3.05, 3.63) is 35.7 Å². The Morgan fingerprint density at radius 3 is 2.59 bits per heavy atom. The molecule has 5 rings (SSSR count). The quantitative estimate of drug-likeness (QED) is 0.826. The molecule has 6 nitrogen and oxygen atoms in total. The van der Waals surface area contributed by atoms with Gasteiger partial charge < -0.3 is 4.90 Å². The van der Waals surface area contributed by atoms with Crippen molar-refractivity contribution >= 4 is 16.9 Å². The Morgan fingerprint density at radius 2 is 1.85 bits per heavy atom. The standard InChI is InChI=1S/C21H29N5O/c1-15-20(23-19-7-5-4-6-18(19)22-15)13-26-11-16-8-9-17(26)12-25(10-16)14-21(27)24(2)3/h4-7,16-17H,8-14H2,1-3H3/t16-,17+/m0/s1. The molecule has 1 aromatic carbocycles. The number of piperidine rings is 1. The van der Waals surface area contributed by atoms with E-state index in [0.717, 1.165) is 48.6 Å². The number of carbonyl (C=O) groups excluding carboxylic acids is 1. The first-order valence-electron chi connectivity index (χ1n) is 9.88. The van der Waals surface area contributed by atoms with Gasteiger partial charge in [-0.25, -0.2) is 9.97 Å². The Morgan fingerprint density at radius 1 is 1.11 bits per heavy atom. The Hall–Kier alpha value is -2.05. The summed E-state index contributed by atoms with van der Waals surface area (Å²) in [5, 5.41) is 0. The van der Waals surface area contributed by atoms with Crippen LogP contribution in [0, 0.1) is 12.8 Å². The second-order valence-electron chi connectivity index (χ2n) is 8.25. The summed E-state index contributed by atoms with van der Waals surface area (Å²) in [5.41, 5.74) is 4.03. The Labute approximate surface area is 161 Å². The van der Waals surface area contributed by atoms with Gasteiger partial charge in [0.25, 0.3) is 0 Å². The van der Waals surface area contributed by atoms with Crippen LogP contribution in [0.1, 0.15) is 24.2 Å². The third-order valence-electron chi connectivity index (χ3n) is 5.96. The van der Waals surface area contributed by atoms with Gasteiger partial charge in [-0.15, -0.1) is 0 Å². The molecule has 3 saturated heterocycles. The van der Waals surface area contributed by atoms with Crippen LogP contribution in [0.25, 0.3) is 11.0 Å². The second-order valence-corrected chi connectivity index (χ2v) is 8.25. The molecule has 0 radical (unpaired) electrons. The van der Waals surface area contributed by atoms with E-state index >= 15 is 0 Å². The molecule has 2 atom stereocenters. The summed E-state index contributed by atoms with van der Waals surface area (Å²) < 4.78 is 0. The van der Waals surface area contributed by atoms with Gasteiger partial charge in [-0.2, -0.15) is 0 Å². The topological polar surface area (TPSA) is 52.6 Å². The molecular weight excluding hydrogens is 338 g/mol. The van der Waals surface area contributed by atoms with Gasteiger partial charge in [0.2, 0.25) is 5.91 Å². The number of amides is 1. The van der Waals surface area contributed by atoms with Crippen molar-refractivity contribution in [1.29, 1.82) is 0 Å². The molecule has 4 heterocycles. The highest BCUT2D eigenvalue weighted by molar-refractivity contribution is 5.77. The molecule has 0 unspecified atom stereocenters. The van der Waals surface area contributed by atoms with E-state index in [9.17, 15) is 4.79 Å². The molecule has 1 amide bonds. The van der Waals surface area contributed by atoms with E-state index in [4.69, 9.17) is 9.97 Å². The largest absolute Gasteiger partial charge is 0.348 e. The van der Waals surface area contributed by atoms with Crippen LogP contribution >= 0.6 is 0 Å². The SMILES string of the molecule is Cc1nc2ccccc2nc1CN1C[C@H]2CC[C@@H]1CN(CC(=O)N(C)C)C2. The summed E-state index contributed by atoms with van der Waals surface area (Å²) in [6.45, 7) is 6.52. The van der Waals surface area contributed by atoms with Crippen LogP contribution in [0.3, 0.4) is 0 Å². The van der Waals surface area contributed by atoms with Crippen molar-refractivity contribution < 1.29 is 4.79 Å². The molecule has 2 bridgehead atoms. The number of benzene rings is 1. The Bertz CT molecular complexity index is 836. The van der Waals surface area contributed by atoms with E-state index in [2.05, 4.69) is 16.7 Å². The Balaban J connectivity index is 1.50. The molecule has 3 aliphatic heterocycles. The first-order valence-corrected chi connectivity index (χ1v) is 9.88. The molecule has 3 fully saturated rings. The normalized spacial score (nSPS) is 23.5. The summed E-state index contributed by atoms with van der Waals surface area (Å²) in [6, 6.07) is 8.57. The minimum absolute atomic E-state index is 0.194. The van der Waals surface area contributed by atoms with Gasteiger partial charge in [0, 0.05) is 46.3 Å². The van der Waals surface area contributed by atoms with E-state index < -0.39 is 0 Å². The highest BCUT2D eigenvalue weighted by Crippen LogP contribution is 2.29. The highest BCUT2D eigenvalue weighted by atomic mass is 16.2. The molecule has 3 aliphatic rings. The molecule has 0 spiro atoms. The summed E-state index contributed by atoms with van der Waals surface area (Å²) >= 11 is 0. The number of rotatable bonds is 4. The summed E-state index contributed by atoms with van der Waals surface area (Å²) in [7, 11) is 3.67. The van der Waals surface area contributed by atoms with Crippen LogP contribution in [-0.2, 0) is 11.3 Å². The lowest BCUT2D eigenvalue weighted by atomic mass is 9.95. The number of likely N-dealkylation sites (N-methyl/N-ethyl adjacent to an activating group) is 1. The van der Waals surface area contributed by atoms with Crippen molar-refractivity contribution in [2.75, 3.05) is 40.3 Å². The van der Waals surface area contributed by atoms with E-state index in [1.54, 1.807) is 4.90 Å². The van der Waals surface area contributed by atoms with Crippen molar-refractivity contribution in [3.8, 4) is 0 Å². The lowest BCUT2D eigenvalue weighted by Crippen LogP contribution is -2.44. The van der Waals surface area contributed by atoms with Gasteiger partial charge >= 0.3 is 0 Å². The first kappa shape index (κ1) is 18.3. The van der Waals surface area contributed by atoms with Crippen molar-refractivity contribution in [2.24, 2.45) is 5.92 Å². The fourth-order valence-corrected chi connectivity index (χ4v) is 4.40. The third-order valence-corrected chi connectivity index (χ3v) is 5.96. The minimum Gasteiger partial charge on any atom is -0.348 e. The number of hydrogen-bond donors (Lipinski definition) is 0. The minimum atomic E-state index is 0.194. The molecule has 1 aromatic heterocycles. The zero-order valence-electron chi connectivity index (χ0n) is 16.6.